The molecule has 1 aliphatic heterocycles. The minimum Gasteiger partial charge on any atom is -0.351 e. The fraction of sp³-hybridized carbons (Fsp3) is 0.333. The second-order valence-electron chi connectivity index (χ2n) is 7.13. The summed E-state index contributed by atoms with van der Waals surface area (Å²) in [6.45, 7) is 6.45. The average Bonchev–Trinajstić information content (AvgIpc) is 3.13. The van der Waals surface area contributed by atoms with E-state index in [2.05, 4.69) is 20.1 Å². The minimum absolute atomic E-state index is 0.0505. The van der Waals surface area contributed by atoms with Gasteiger partial charge in [0.05, 0.1) is 4.70 Å². The van der Waals surface area contributed by atoms with E-state index in [9.17, 15) is 13.6 Å². The largest absolute Gasteiger partial charge is 0.351 e. The van der Waals surface area contributed by atoms with Crippen LogP contribution in [0.2, 0.25) is 0 Å². The van der Waals surface area contributed by atoms with E-state index in [4.69, 9.17) is 0 Å². The Bertz CT molecular complexity index is 1030. The fourth-order valence-corrected chi connectivity index (χ4v) is 4.55. The van der Waals surface area contributed by atoms with Gasteiger partial charge in [-0.15, -0.1) is 0 Å². The van der Waals surface area contributed by atoms with E-state index in [1.54, 1.807) is 0 Å². The maximum absolute atomic E-state index is 13.9. The Kier molecular flexibility index (Phi) is 5.73. The van der Waals surface area contributed by atoms with Gasteiger partial charge in [0.15, 0.2) is 10.9 Å². The molecule has 3 aromatic rings. The van der Waals surface area contributed by atoms with Crippen molar-refractivity contribution < 1.29 is 13.6 Å². The third-order valence-corrected chi connectivity index (χ3v) is 6.21. The highest BCUT2D eigenvalue weighted by molar-refractivity contribution is 7.22. The summed E-state index contributed by atoms with van der Waals surface area (Å²) in [7, 11) is 0. The lowest BCUT2D eigenvalue weighted by Gasteiger charge is -2.34. The first-order valence-corrected chi connectivity index (χ1v) is 10.4. The molecule has 1 amide bonds. The van der Waals surface area contributed by atoms with E-state index < -0.39 is 11.6 Å². The van der Waals surface area contributed by atoms with Crippen molar-refractivity contribution in [1.82, 2.24) is 15.2 Å². The van der Waals surface area contributed by atoms with Gasteiger partial charge < -0.3 is 10.2 Å². The molecule has 152 valence electrons. The van der Waals surface area contributed by atoms with Gasteiger partial charge in [0, 0.05) is 50.9 Å². The van der Waals surface area contributed by atoms with Crippen LogP contribution >= 0.6 is 11.3 Å². The number of nitrogens with zero attached hydrogens (tertiary/aromatic N) is 3. The second kappa shape index (κ2) is 8.42. The molecule has 29 heavy (non-hydrogen) atoms. The quantitative estimate of drug-likeness (QED) is 0.692. The van der Waals surface area contributed by atoms with Crippen LogP contribution in [0, 0.1) is 18.6 Å². The summed E-state index contributed by atoms with van der Waals surface area (Å²) in [6.07, 6.45) is 0. The highest BCUT2D eigenvalue weighted by Gasteiger charge is 2.21. The molecule has 0 saturated carbocycles. The summed E-state index contributed by atoms with van der Waals surface area (Å²) in [5.41, 5.74) is 1.90. The number of benzene rings is 2. The third-order valence-electron chi connectivity index (χ3n) is 5.15. The van der Waals surface area contributed by atoms with Gasteiger partial charge in [0.25, 0.3) is 5.91 Å². The first-order chi connectivity index (χ1) is 14.0. The van der Waals surface area contributed by atoms with Gasteiger partial charge in [-0.3, -0.25) is 9.69 Å². The number of thiazole rings is 1. The van der Waals surface area contributed by atoms with Gasteiger partial charge in [-0.25, -0.2) is 13.8 Å². The van der Waals surface area contributed by atoms with Crippen molar-refractivity contribution in [2.75, 3.05) is 44.2 Å². The number of fused-ring (bicyclic) bond motifs is 1. The molecule has 1 aromatic heterocycles. The predicted octanol–water partition coefficient (Wildman–Crippen LogP) is 3.43. The molecule has 1 aliphatic rings. The Morgan fingerprint density at radius 1 is 1.17 bits per heavy atom. The normalized spacial score (nSPS) is 15.1. The van der Waals surface area contributed by atoms with E-state index in [-0.39, 0.29) is 11.4 Å². The van der Waals surface area contributed by atoms with Crippen LogP contribution in [0.25, 0.3) is 10.2 Å². The molecule has 4 rings (SSSR count). The molecule has 0 unspecified atom stereocenters. The van der Waals surface area contributed by atoms with E-state index in [0.29, 0.717) is 16.8 Å². The zero-order valence-electron chi connectivity index (χ0n) is 16.1. The van der Waals surface area contributed by atoms with E-state index >= 15 is 0 Å². The fourth-order valence-electron chi connectivity index (χ4n) is 3.49. The van der Waals surface area contributed by atoms with Crippen molar-refractivity contribution in [3.8, 4) is 0 Å². The van der Waals surface area contributed by atoms with Gasteiger partial charge in [0.1, 0.15) is 11.3 Å². The zero-order chi connectivity index (χ0) is 20.4. The molecule has 0 aliphatic carbocycles. The van der Waals surface area contributed by atoms with Crippen LogP contribution < -0.4 is 10.2 Å². The Hall–Kier alpha value is -2.58. The Labute approximate surface area is 172 Å². The maximum Gasteiger partial charge on any atom is 0.251 e. The molecule has 1 saturated heterocycles. The van der Waals surface area contributed by atoms with Crippen LogP contribution in [0.4, 0.5) is 13.9 Å². The number of nitrogens with one attached hydrogen (secondary N) is 1. The summed E-state index contributed by atoms with van der Waals surface area (Å²) in [5.74, 6) is -1.25. The van der Waals surface area contributed by atoms with Crippen molar-refractivity contribution in [3.05, 3.63) is 59.2 Å². The molecule has 5 nitrogen and oxygen atoms in total. The molecule has 2 heterocycles. The van der Waals surface area contributed by atoms with Crippen molar-refractivity contribution in [2.45, 2.75) is 6.92 Å². The third kappa shape index (κ3) is 4.38. The van der Waals surface area contributed by atoms with E-state index in [1.165, 1.54) is 17.4 Å². The number of hydrogen-bond acceptors (Lipinski definition) is 5. The lowest BCUT2D eigenvalue weighted by atomic mass is 10.1. The van der Waals surface area contributed by atoms with Crippen LogP contribution in [0.1, 0.15) is 15.9 Å². The van der Waals surface area contributed by atoms with Crippen LogP contribution in [0.5, 0.6) is 0 Å². The SMILES string of the molecule is Cc1ccccc1C(=O)NCCN1CCN(c2nc3c(F)cc(F)cc3s2)CC1. The predicted molar refractivity (Wildman–Crippen MR) is 112 cm³/mol. The van der Waals surface area contributed by atoms with Crippen molar-refractivity contribution in [3.63, 3.8) is 0 Å². The van der Waals surface area contributed by atoms with Gasteiger partial charge in [0.2, 0.25) is 0 Å². The lowest BCUT2D eigenvalue weighted by molar-refractivity contribution is 0.0947. The second-order valence-corrected chi connectivity index (χ2v) is 8.14. The molecule has 0 bridgehead atoms. The van der Waals surface area contributed by atoms with Gasteiger partial charge in [-0.1, -0.05) is 29.5 Å². The number of amides is 1. The molecule has 0 atom stereocenters. The number of halogens is 2. The summed E-state index contributed by atoms with van der Waals surface area (Å²) < 4.78 is 27.8. The monoisotopic (exact) mass is 416 g/mol. The summed E-state index contributed by atoms with van der Waals surface area (Å²) in [5, 5.41) is 3.70. The number of rotatable bonds is 5. The molecule has 2 aromatic carbocycles. The summed E-state index contributed by atoms with van der Waals surface area (Å²) >= 11 is 1.31. The van der Waals surface area contributed by atoms with Crippen LogP contribution in [0.3, 0.4) is 0 Å². The molecule has 1 N–H and O–H groups in total. The van der Waals surface area contributed by atoms with E-state index in [1.807, 2.05) is 31.2 Å². The Morgan fingerprint density at radius 3 is 2.69 bits per heavy atom. The number of hydrogen-bond donors (Lipinski definition) is 1. The van der Waals surface area contributed by atoms with Crippen LogP contribution in [-0.4, -0.2) is 55.1 Å². The summed E-state index contributed by atoms with van der Waals surface area (Å²) in [6, 6.07) is 9.74. The standard InChI is InChI=1S/C21H22F2N4OS/c1-14-4-2-3-5-16(14)20(28)24-6-7-26-8-10-27(11-9-26)21-25-19-17(23)12-15(22)13-18(19)29-21/h2-5,12-13H,6-11H2,1H3,(H,24,28). The van der Waals surface area contributed by atoms with Crippen LogP contribution in [-0.2, 0) is 0 Å². The summed E-state index contributed by atoms with van der Waals surface area (Å²) in [4.78, 5) is 21.0. The number of aromatic nitrogens is 1. The smallest absolute Gasteiger partial charge is 0.251 e. The highest BCUT2D eigenvalue weighted by atomic mass is 32.1. The topological polar surface area (TPSA) is 48.5 Å². The zero-order valence-corrected chi connectivity index (χ0v) is 16.9. The molecular weight excluding hydrogens is 394 g/mol. The number of carbonyl (C=O) groups excluding carboxylic acids is 1. The van der Waals surface area contributed by atoms with Crippen molar-refractivity contribution in [1.29, 1.82) is 0 Å². The minimum atomic E-state index is -0.620. The van der Waals surface area contributed by atoms with Crippen LogP contribution in [0.15, 0.2) is 36.4 Å². The van der Waals surface area contributed by atoms with Gasteiger partial charge >= 0.3 is 0 Å². The Morgan fingerprint density at radius 2 is 1.93 bits per heavy atom. The molecule has 0 radical (unpaired) electrons. The Balaban J connectivity index is 1.28. The number of carbonyl (C=O) groups is 1. The van der Waals surface area contributed by atoms with Crippen molar-refractivity contribution in [2.24, 2.45) is 0 Å². The van der Waals surface area contributed by atoms with Gasteiger partial charge in [-0.05, 0) is 24.6 Å². The first kappa shape index (κ1) is 19.7. The number of piperazine rings is 1. The first-order valence-electron chi connectivity index (χ1n) is 9.58. The molecular formula is C21H22F2N4OS. The highest BCUT2D eigenvalue weighted by Crippen LogP contribution is 2.31. The average molecular weight is 416 g/mol. The number of aryl methyl sites for hydroxylation is 1. The number of anilines is 1. The molecule has 0 spiro atoms. The lowest BCUT2D eigenvalue weighted by Crippen LogP contribution is -2.48. The maximum atomic E-state index is 13.9. The van der Waals surface area contributed by atoms with Gasteiger partial charge in [-0.2, -0.15) is 0 Å². The molecule has 8 heteroatoms. The van der Waals surface area contributed by atoms with E-state index in [0.717, 1.165) is 49.5 Å². The molecule has 1 fully saturated rings. The van der Waals surface area contributed by atoms with Crippen molar-refractivity contribution >= 4 is 32.6 Å².